The molecule has 1 aliphatic rings. The second kappa shape index (κ2) is 4.85. The molecule has 0 saturated carbocycles. The molecule has 112 valence electrons. The van der Waals surface area contributed by atoms with Crippen molar-refractivity contribution in [2.75, 3.05) is 17.2 Å². The lowest BCUT2D eigenvalue weighted by atomic mass is 9.92. The summed E-state index contributed by atoms with van der Waals surface area (Å²) < 4.78 is 27.4. The Morgan fingerprint density at radius 2 is 2.15 bits per heavy atom. The van der Waals surface area contributed by atoms with Crippen LogP contribution in [0.1, 0.15) is 32.9 Å². The third-order valence-electron chi connectivity index (χ3n) is 3.21. The molecule has 1 amide bonds. The Kier molecular flexibility index (Phi) is 3.64. The second-order valence-corrected chi connectivity index (χ2v) is 7.86. The summed E-state index contributed by atoms with van der Waals surface area (Å²) in [7, 11) is -3.58. The Morgan fingerprint density at radius 1 is 1.50 bits per heavy atom. The SMILES string of the molecule is CC(C)(C)c1cc(N2CC(CS(N)(=O)=O)CC2=O)on1. The number of primary sulfonamides is 1. The first kappa shape index (κ1) is 15.0. The van der Waals surface area contributed by atoms with Crippen LogP contribution in [-0.4, -0.2) is 31.8 Å². The van der Waals surface area contributed by atoms with Crippen LogP contribution >= 0.6 is 0 Å². The highest BCUT2D eigenvalue weighted by atomic mass is 32.2. The number of hydrogen-bond acceptors (Lipinski definition) is 5. The molecule has 0 aliphatic carbocycles. The first-order valence-electron chi connectivity index (χ1n) is 6.34. The van der Waals surface area contributed by atoms with Crippen molar-refractivity contribution >= 4 is 21.8 Å². The normalized spacial score (nSPS) is 20.7. The van der Waals surface area contributed by atoms with E-state index >= 15 is 0 Å². The van der Waals surface area contributed by atoms with Crippen molar-refractivity contribution in [1.29, 1.82) is 0 Å². The highest BCUT2D eigenvalue weighted by Crippen LogP contribution is 2.30. The van der Waals surface area contributed by atoms with Crippen molar-refractivity contribution in [2.24, 2.45) is 11.1 Å². The zero-order valence-electron chi connectivity index (χ0n) is 11.8. The Bertz CT molecular complexity index is 615. The van der Waals surface area contributed by atoms with Crippen molar-refractivity contribution in [2.45, 2.75) is 32.6 Å². The average molecular weight is 301 g/mol. The van der Waals surface area contributed by atoms with Gasteiger partial charge in [0.05, 0.1) is 11.4 Å². The molecule has 20 heavy (non-hydrogen) atoms. The van der Waals surface area contributed by atoms with Crippen LogP contribution in [0.2, 0.25) is 0 Å². The van der Waals surface area contributed by atoms with Gasteiger partial charge in [-0.15, -0.1) is 0 Å². The topological polar surface area (TPSA) is 106 Å². The summed E-state index contributed by atoms with van der Waals surface area (Å²) in [6.45, 7) is 6.26. The van der Waals surface area contributed by atoms with Crippen LogP contribution in [0.15, 0.2) is 10.6 Å². The van der Waals surface area contributed by atoms with E-state index in [4.69, 9.17) is 9.66 Å². The first-order valence-corrected chi connectivity index (χ1v) is 8.06. The summed E-state index contributed by atoms with van der Waals surface area (Å²) >= 11 is 0. The molecule has 1 aliphatic heterocycles. The maximum atomic E-state index is 11.9. The average Bonchev–Trinajstić information content (AvgIpc) is 2.81. The van der Waals surface area contributed by atoms with E-state index in [1.807, 2.05) is 20.8 Å². The van der Waals surface area contributed by atoms with Gasteiger partial charge in [0.1, 0.15) is 0 Å². The molecule has 0 aromatic carbocycles. The number of nitrogens with zero attached hydrogens (tertiary/aromatic N) is 2. The number of nitrogens with two attached hydrogens (primary N) is 1. The fourth-order valence-electron chi connectivity index (χ4n) is 2.18. The number of carbonyl (C=O) groups is 1. The predicted molar refractivity (Wildman–Crippen MR) is 73.6 cm³/mol. The molecule has 0 bridgehead atoms. The van der Waals surface area contributed by atoms with E-state index in [1.165, 1.54) is 4.90 Å². The molecular formula is C12H19N3O4S. The summed E-state index contributed by atoms with van der Waals surface area (Å²) in [4.78, 5) is 13.4. The van der Waals surface area contributed by atoms with Gasteiger partial charge in [0.25, 0.3) is 0 Å². The molecule has 1 aromatic heterocycles. The molecule has 0 radical (unpaired) electrons. The number of rotatable bonds is 3. The molecule has 7 nitrogen and oxygen atoms in total. The van der Waals surface area contributed by atoms with Crippen LogP contribution in [0.4, 0.5) is 5.88 Å². The van der Waals surface area contributed by atoms with Crippen molar-refractivity contribution < 1.29 is 17.7 Å². The van der Waals surface area contributed by atoms with Gasteiger partial charge in [-0.3, -0.25) is 9.69 Å². The number of amides is 1. The minimum Gasteiger partial charge on any atom is -0.338 e. The van der Waals surface area contributed by atoms with E-state index in [0.717, 1.165) is 5.69 Å². The minimum atomic E-state index is -3.58. The molecule has 2 rings (SSSR count). The maximum Gasteiger partial charge on any atom is 0.234 e. The smallest absolute Gasteiger partial charge is 0.234 e. The molecular weight excluding hydrogens is 282 g/mol. The number of aromatic nitrogens is 1. The van der Waals surface area contributed by atoms with Crippen LogP contribution in [0, 0.1) is 5.92 Å². The van der Waals surface area contributed by atoms with Gasteiger partial charge in [0.15, 0.2) is 0 Å². The Labute approximate surface area is 118 Å². The molecule has 2 N–H and O–H groups in total. The molecule has 1 atom stereocenters. The van der Waals surface area contributed by atoms with Crippen LogP contribution in [-0.2, 0) is 20.2 Å². The van der Waals surface area contributed by atoms with Crippen LogP contribution in [0.25, 0.3) is 0 Å². The standard InChI is InChI=1S/C12H19N3O4S/c1-12(2,3)9-5-11(19-14-9)15-6-8(4-10(15)16)7-20(13,17)18/h5,8H,4,6-7H2,1-3H3,(H2,13,17,18). The first-order chi connectivity index (χ1) is 9.06. The molecule has 1 aromatic rings. The number of anilines is 1. The van der Waals surface area contributed by atoms with Gasteiger partial charge in [-0.1, -0.05) is 25.9 Å². The monoisotopic (exact) mass is 301 g/mol. The largest absolute Gasteiger partial charge is 0.338 e. The highest BCUT2D eigenvalue weighted by molar-refractivity contribution is 7.89. The Balaban J connectivity index is 2.14. The van der Waals surface area contributed by atoms with Gasteiger partial charge in [0.2, 0.25) is 21.8 Å². The van der Waals surface area contributed by atoms with E-state index < -0.39 is 10.0 Å². The fourth-order valence-corrected chi connectivity index (χ4v) is 3.06. The molecule has 2 heterocycles. The Morgan fingerprint density at radius 3 is 2.65 bits per heavy atom. The minimum absolute atomic E-state index is 0.155. The van der Waals surface area contributed by atoms with Gasteiger partial charge in [-0.2, -0.15) is 0 Å². The number of hydrogen-bond donors (Lipinski definition) is 1. The number of carbonyl (C=O) groups excluding carboxylic acids is 1. The van der Waals surface area contributed by atoms with Crippen LogP contribution in [0.3, 0.4) is 0 Å². The summed E-state index contributed by atoms with van der Waals surface area (Å²) in [5.74, 6) is -0.317. The number of sulfonamides is 1. The van der Waals surface area contributed by atoms with E-state index in [9.17, 15) is 13.2 Å². The summed E-state index contributed by atoms with van der Waals surface area (Å²) in [6.07, 6.45) is 0.155. The van der Waals surface area contributed by atoms with Gasteiger partial charge < -0.3 is 4.52 Å². The van der Waals surface area contributed by atoms with Gasteiger partial charge >= 0.3 is 0 Å². The van der Waals surface area contributed by atoms with Crippen molar-refractivity contribution in [3.63, 3.8) is 0 Å². The molecule has 8 heteroatoms. The van der Waals surface area contributed by atoms with E-state index in [-0.39, 0.29) is 36.0 Å². The lowest BCUT2D eigenvalue weighted by molar-refractivity contribution is -0.117. The lowest BCUT2D eigenvalue weighted by Crippen LogP contribution is -2.27. The van der Waals surface area contributed by atoms with Crippen molar-refractivity contribution in [1.82, 2.24) is 5.16 Å². The molecule has 1 fully saturated rings. The highest BCUT2D eigenvalue weighted by Gasteiger charge is 2.35. The summed E-state index contributed by atoms with van der Waals surface area (Å²) in [5, 5.41) is 8.97. The van der Waals surface area contributed by atoms with Gasteiger partial charge in [-0.25, -0.2) is 13.6 Å². The quantitative estimate of drug-likeness (QED) is 0.880. The van der Waals surface area contributed by atoms with Crippen LogP contribution in [0.5, 0.6) is 0 Å². The maximum absolute atomic E-state index is 11.9. The predicted octanol–water partition coefficient (Wildman–Crippen LogP) is 0.614. The van der Waals surface area contributed by atoms with Crippen molar-refractivity contribution in [3.05, 3.63) is 11.8 Å². The summed E-state index contributed by atoms with van der Waals surface area (Å²) in [6, 6.07) is 1.72. The lowest BCUT2D eigenvalue weighted by Gasteiger charge is -2.13. The van der Waals surface area contributed by atoms with E-state index in [0.29, 0.717) is 5.88 Å². The van der Waals surface area contributed by atoms with Gasteiger partial charge in [-0.05, 0) is 0 Å². The second-order valence-electron chi connectivity index (χ2n) is 6.20. The molecule has 1 saturated heterocycles. The Hall–Kier alpha value is -1.41. The summed E-state index contributed by atoms with van der Waals surface area (Å²) in [5.41, 5.74) is 0.569. The van der Waals surface area contributed by atoms with Crippen molar-refractivity contribution in [3.8, 4) is 0 Å². The van der Waals surface area contributed by atoms with E-state index in [2.05, 4.69) is 5.16 Å². The zero-order valence-corrected chi connectivity index (χ0v) is 12.6. The zero-order chi connectivity index (χ0) is 15.1. The van der Waals surface area contributed by atoms with Crippen LogP contribution < -0.4 is 10.0 Å². The van der Waals surface area contributed by atoms with E-state index in [1.54, 1.807) is 6.07 Å². The fraction of sp³-hybridized carbons (Fsp3) is 0.667. The third kappa shape index (κ3) is 3.37. The van der Waals surface area contributed by atoms with Gasteiger partial charge in [0, 0.05) is 30.4 Å². The molecule has 0 spiro atoms. The third-order valence-corrected chi connectivity index (χ3v) is 4.14. The molecule has 1 unspecified atom stereocenters.